The standard InChI is InChI=1S/C15H26N2O4/c1-14(2)6-5-7-15(10-14)11-17(13(19)21-15)12(18)20-9-8-16(3)4/h5-11H2,1-4H3. The number of hydrogen-bond donors (Lipinski definition) is 0. The van der Waals surface area contributed by atoms with Crippen LogP contribution in [0.4, 0.5) is 9.59 Å². The average Bonchev–Trinajstić information content (AvgIpc) is 2.63. The predicted molar refractivity (Wildman–Crippen MR) is 78.1 cm³/mol. The highest BCUT2D eigenvalue weighted by molar-refractivity contribution is 5.89. The van der Waals surface area contributed by atoms with Crippen LogP contribution in [-0.2, 0) is 9.47 Å². The van der Waals surface area contributed by atoms with Crippen molar-refractivity contribution in [3.05, 3.63) is 0 Å². The fraction of sp³-hybridized carbons (Fsp3) is 0.867. The highest BCUT2D eigenvalue weighted by Gasteiger charge is 2.52. The molecule has 1 atom stereocenters. The first-order valence-electron chi connectivity index (χ1n) is 7.55. The maximum atomic E-state index is 12.0. The second-order valence-corrected chi connectivity index (χ2v) is 7.25. The van der Waals surface area contributed by atoms with Gasteiger partial charge in [0.1, 0.15) is 12.2 Å². The van der Waals surface area contributed by atoms with Crippen molar-refractivity contribution in [1.82, 2.24) is 9.80 Å². The molecule has 2 rings (SSSR count). The van der Waals surface area contributed by atoms with Gasteiger partial charge in [-0.3, -0.25) is 0 Å². The predicted octanol–water partition coefficient (Wildman–Crippen LogP) is 2.48. The van der Waals surface area contributed by atoms with Crippen LogP contribution in [0.15, 0.2) is 0 Å². The third kappa shape index (κ3) is 3.87. The van der Waals surface area contributed by atoms with Crippen molar-refractivity contribution in [3.8, 4) is 0 Å². The van der Waals surface area contributed by atoms with Gasteiger partial charge in [0.05, 0.1) is 6.54 Å². The fourth-order valence-electron chi connectivity index (χ4n) is 3.32. The molecule has 1 saturated heterocycles. The van der Waals surface area contributed by atoms with Gasteiger partial charge in [-0.1, -0.05) is 13.8 Å². The summed E-state index contributed by atoms with van der Waals surface area (Å²) in [4.78, 5) is 27.0. The van der Waals surface area contributed by atoms with Crippen LogP contribution in [0.1, 0.15) is 39.5 Å². The van der Waals surface area contributed by atoms with Gasteiger partial charge in [-0.05, 0) is 45.2 Å². The molecule has 0 aromatic carbocycles. The molecule has 2 aliphatic rings. The van der Waals surface area contributed by atoms with E-state index in [-0.39, 0.29) is 12.0 Å². The number of rotatable bonds is 3. The van der Waals surface area contributed by atoms with E-state index in [0.29, 0.717) is 13.1 Å². The molecule has 1 spiro atoms. The van der Waals surface area contributed by atoms with Gasteiger partial charge >= 0.3 is 12.2 Å². The van der Waals surface area contributed by atoms with Gasteiger partial charge in [0.15, 0.2) is 0 Å². The number of carbonyl (C=O) groups is 2. The summed E-state index contributed by atoms with van der Waals surface area (Å²) < 4.78 is 10.7. The topological polar surface area (TPSA) is 59.1 Å². The van der Waals surface area contributed by atoms with E-state index in [2.05, 4.69) is 13.8 Å². The molecule has 2 amide bonds. The Morgan fingerprint density at radius 3 is 2.71 bits per heavy atom. The van der Waals surface area contributed by atoms with Crippen molar-refractivity contribution in [2.75, 3.05) is 33.8 Å². The highest BCUT2D eigenvalue weighted by Crippen LogP contribution is 2.45. The maximum Gasteiger partial charge on any atom is 0.420 e. The second-order valence-electron chi connectivity index (χ2n) is 7.25. The lowest BCUT2D eigenvalue weighted by Crippen LogP contribution is -2.43. The fourth-order valence-corrected chi connectivity index (χ4v) is 3.32. The number of ether oxygens (including phenoxy) is 2. The third-order valence-corrected chi connectivity index (χ3v) is 4.24. The van der Waals surface area contributed by atoms with Crippen LogP contribution in [0.3, 0.4) is 0 Å². The van der Waals surface area contributed by atoms with E-state index in [1.165, 1.54) is 0 Å². The molecule has 1 aliphatic carbocycles. The normalized spacial score (nSPS) is 28.0. The monoisotopic (exact) mass is 298 g/mol. The van der Waals surface area contributed by atoms with Gasteiger partial charge in [0.2, 0.25) is 0 Å². The molecule has 1 heterocycles. The van der Waals surface area contributed by atoms with E-state index < -0.39 is 17.8 Å². The quantitative estimate of drug-likeness (QED) is 0.801. The minimum atomic E-state index is -0.595. The minimum absolute atomic E-state index is 0.142. The minimum Gasteiger partial charge on any atom is -0.448 e. The molecule has 0 radical (unpaired) electrons. The molecule has 1 unspecified atom stereocenters. The molecular weight excluding hydrogens is 272 g/mol. The highest BCUT2D eigenvalue weighted by atomic mass is 16.6. The zero-order valence-electron chi connectivity index (χ0n) is 13.5. The van der Waals surface area contributed by atoms with E-state index in [0.717, 1.165) is 30.6 Å². The summed E-state index contributed by atoms with van der Waals surface area (Å²) in [5, 5.41) is 0. The zero-order valence-corrected chi connectivity index (χ0v) is 13.5. The van der Waals surface area contributed by atoms with Crippen molar-refractivity contribution in [3.63, 3.8) is 0 Å². The van der Waals surface area contributed by atoms with Gasteiger partial charge in [-0.2, -0.15) is 0 Å². The molecule has 1 aliphatic heterocycles. The summed E-state index contributed by atoms with van der Waals surface area (Å²) >= 11 is 0. The first kappa shape index (κ1) is 16.1. The largest absolute Gasteiger partial charge is 0.448 e. The van der Waals surface area contributed by atoms with Crippen molar-refractivity contribution in [2.45, 2.75) is 45.1 Å². The third-order valence-electron chi connectivity index (χ3n) is 4.24. The molecule has 1 saturated carbocycles. The summed E-state index contributed by atoms with van der Waals surface area (Å²) in [7, 11) is 3.80. The Bertz CT molecular complexity index is 422. The van der Waals surface area contributed by atoms with Gasteiger partial charge in [-0.15, -0.1) is 0 Å². The van der Waals surface area contributed by atoms with Gasteiger partial charge in [0, 0.05) is 6.54 Å². The molecule has 0 aromatic heterocycles. The van der Waals surface area contributed by atoms with Crippen LogP contribution in [0.5, 0.6) is 0 Å². The summed E-state index contributed by atoms with van der Waals surface area (Å²) in [6.07, 6.45) is 2.60. The van der Waals surface area contributed by atoms with Crippen LogP contribution < -0.4 is 0 Å². The Morgan fingerprint density at radius 2 is 2.10 bits per heavy atom. The molecule has 120 valence electrons. The molecular formula is C15H26N2O4. The Labute approximate surface area is 126 Å². The second kappa shape index (κ2) is 5.83. The number of imide groups is 1. The number of hydrogen-bond acceptors (Lipinski definition) is 5. The van der Waals surface area contributed by atoms with Crippen molar-refractivity contribution in [1.29, 1.82) is 0 Å². The van der Waals surface area contributed by atoms with E-state index in [1.54, 1.807) is 0 Å². The Morgan fingerprint density at radius 1 is 1.38 bits per heavy atom. The summed E-state index contributed by atoms with van der Waals surface area (Å²) in [5.74, 6) is 0. The SMILES string of the molecule is CN(C)CCOC(=O)N1CC2(CCCC(C)(C)C2)OC1=O. The number of nitrogens with zero attached hydrogens (tertiary/aromatic N) is 2. The van der Waals surface area contributed by atoms with Crippen molar-refractivity contribution in [2.24, 2.45) is 5.41 Å². The Balaban J connectivity index is 1.94. The van der Waals surface area contributed by atoms with Crippen molar-refractivity contribution < 1.29 is 19.1 Å². The molecule has 0 bridgehead atoms. The van der Waals surface area contributed by atoms with E-state index in [1.807, 2.05) is 19.0 Å². The average molecular weight is 298 g/mol. The zero-order chi connectivity index (χ0) is 15.7. The van der Waals surface area contributed by atoms with Gasteiger partial charge < -0.3 is 14.4 Å². The molecule has 0 aromatic rings. The van der Waals surface area contributed by atoms with Gasteiger partial charge in [0.25, 0.3) is 0 Å². The number of carbonyl (C=O) groups excluding carboxylic acids is 2. The van der Waals surface area contributed by atoms with E-state index in [9.17, 15) is 9.59 Å². The Kier molecular flexibility index (Phi) is 4.46. The van der Waals surface area contributed by atoms with Crippen LogP contribution in [0, 0.1) is 5.41 Å². The number of likely N-dealkylation sites (N-methyl/N-ethyl adjacent to an activating group) is 1. The van der Waals surface area contributed by atoms with Gasteiger partial charge in [-0.25, -0.2) is 14.5 Å². The Hall–Kier alpha value is -1.30. The maximum absolute atomic E-state index is 12.0. The van der Waals surface area contributed by atoms with Crippen molar-refractivity contribution >= 4 is 12.2 Å². The first-order chi connectivity index (χ1) is 9.73. The molecule has 0 N–H and O–H groups in total. The lowest BCUT2D eigenvalue weighted by Gasteiger charge is -2.40. The number of amides is 2. The lowest BCUT2D eigenvalue weighted by atomic mass is 9.70. The molecule has 21 heavy (non-hydrogen) atoms. The van der Waals surface area contributed by atoms with Crippen LogP contribution in [0.2, 0.25) is 0 Å². The van der Waals surface area contributed by atoms with E-state index >= 15 is 0 Å². The first-order valence-corrected chi connectivity index (χ1v) is 7.55. The smallest absolute Gasteiger partial charge is 0.420 e. The van der Waals surface area contributed by atoms with Crippen LogP contribution in [-0.4, -0.2) is 61.4 Å². The molecule has 6 nitrogen and oxygen atoms in total. The van der Waals surface area contributed by atoms with Crippen LogP contribution >= 0.6 is 0 Å². The van der Waals surface area contributed by atoms with E-state index in [4.69, 9.17) is 9.47 Å². The lowest BCUT2D eigenvalue weighted by molar-refractivity contribution is -0.0158. The summed E-state index contributed by atoms with van der Waals surface area (Å²) in [6, 6.07) is 0. The van der Waals surface area contributed by atoms with Crippen LogP contribution in [0.25, 0.3) is 0 Å². The summed E-state index contributed by atoms with van der Waals surface area (Å²) in [5.41, 5.74) is -0.372. The molecule has 2 fully saturated rings. The summed E-state index contributed by atoms with van der Waals surface area (Å²) in [6.45, 7) is 5.58. The molecule has 6 heteroatoms.